The second kappa shape index (κ2) is 12.6. The summed E-state index contributed by atoms with van der Waals surface area (Å²) in [5.74, 6) is 10.9. The SMILES string of the molecule is BrC#CCOCC#CCOCC#CBr. The molecule has 0 N–H and O–H groups in total. The van der Waals surface area contributed by atoms with Crippen molar-refractivity contribution in [2.75, 3.05) is 26.4 Å². The molecule has 0 saturated heterocycles. The molecular formula is C10H8Br2O2. The summed E-state index contributed by atoms with van der Waals surface area (Å²) in [5.41, 5.74) is 0. The molecule has 0 aliphatic heterocycles. The Kier molecular flexibility index (Phi) is 12.2. The van der Waals surface area contributed by atoms with Crippen molar-refractivity contribution in [3.8, 4) is 33.3 Å². The lowest BCUT2D eigenvalue weighted by Gasteiger charge is -1.90. The lowest BCUT2D eigenvalue weighted by atomic mass is 10.6. The van der Waals surface area contributed by atoms with Crippen molar-refractivity contribution in [3.05, 3.63) is 0 Å². The van der Waals surface area contributed by atoms with Gasteiger partial charge in [0.15, 0.2) is 0 Å². The Bertz CT molecular complexity index is 276. The molecule has 0 aliphatic carbocycles. The summed E-state index contributed by atoms with van der Waals surface area (Å²) in [6.45, 7) is 1.51. The van der Waals surface area contributed by atoms with E-state index in [4.69, 9.17) is 9.47 Å². The highest BCUT2D eigenvalue weighted by Gasteiger charge is 1.78. The fourth-order valence-corrected chi connectivity index (χ4v) is 0.692. The molecule has 0 atom stereocenters. The minimum atomic E-state index is 0.370. The van der Waals surface area contributed by atoms with Crippen molar-refractivity contribution in [1.82, 2.24) is 0 Å². The normalized spacial score (nSPS) is 7.29. The third-order valence-corrected chi connectivity index (χ3v) is 1.52. The molecule has 0 unspecified atom stereocenters. The third-order valence-electron chi connectivity index (χ3n) is 0.956. The van der Waals surface area contributed by atoms with Crippen LogP contribution in [0.15, 0.2) is 0 Å². The summed E-state index contributed by atoms with van der Waals surface area (Å²) in [6, 6.07) is 0. The van der Waals surface area contributed by atoms with Gasteiger partial charge in [-0.25, -0.2) is 0 Å². The molecule has 0 heterocycles. The molecular weight excluding hydrogens is 312 g/mol. The van der Waals surface area contributed by atoms with Crippen molar-refractivity contribution in [1.29, 1.82) is 0 Å². The fraction of sp³-hybridized carbons (Fsp3) is 0.400. The Labute approximate surface area is 101 Å². The number of hydrogen-bond donors (Lipinski definition) is 0. The highest BCUT2D eigenvalue weighted by Crippen LogP contribution is 1.75. The van der Waals surface area contributed by atoms with Gasteiger partial charge in [-0.05, 0) is 9.66 Å². The highest BCUT2D eigenvalue weighted by molar-refractivity contribution is 9.12. The third kappa shape index (κ3) is 11.6. The number of halogens is 2. The van der Waals surface area contributed by atoms with Crippen LogP contribution in [0.3, 0.4) is 0 Å². The summed E-state index contributed by atoms with van der Waals surface area (Å²) in [5, 5.41) is 0. The zero-order valence-corrected chi connectivity index (χ0v) is 10.6. The van der Waals surface area contributed by atoms with Gasteiger partial charge in [-0.15, -0.1) is 0 Å². The van der Waals surface area contributed by atoms with Crippen LogP contribution in [-0.4, -0.2) is 26.4 Å². The molecule has 0 radical (unpaired) electrons. The number of hydrogen-bond acceptors (Lipinski definition) is 2. The number of rotatable bonds is 4. The van der Waals surface area contributed by atoms with E-state index < -0.39 is 0 Å². The van der Waals surface area contributed by atoms with Crippen LogP contribution in [0, 0.1) is 33.3 Å². The van der Waals surface area contributed by atoms with Crippen molar-refractivity contribution in [2.24, 2.45) is 0 Å². The molecule has 0 rings (SSSR count). The van der Waals surface area contributed by atoms with E-state index in [2.05, 4.69) is 65.2 Å². The first-order chi connectivity index (χ1) is 6.91. The van der Waals surface area contributed by atoms with Crippen LogP contribution in [0.4, 0.5) is 0 Å². The summed E-state index contributed by atoms with van der Waals surface area (Å²) >= 11 is 5.91. The summed E-state index contributed by atoms with van der Waals surface area (Å²) in [7, 11) is 0. The lowest BCUT2D eigenvalue weighted by molar-refractivity contribution is 0.199. The predicted molar refractivity (Wildman–Crippen MR) is 62.8 cm³/mol. The minimum absolute atomic E-state index is 0.370. The van der Waals surface area contributed by atoms with Gasteiger partial charge in [0, 0.05) is 31.9 Å². The van der Waals surface area contributed by atoms with E-state index in [0.29, 0.717) is 26.4 Å². The van der Waals surface area contributed by atoms with Crippen LogP contribution < -0.4 is 0 Å². The maximum Gasteiger partial charge on any atom is 0.109 e. The Hall–Kier alpha value is -0.440. The molecule has 0 bridgehead atoms. The molecule has 0 spiro atoms. The minimum Gasteiger partial charge on any atom is -0.356 e. The lowest BCUT2D eigenvalue weighted by Crippen LogP contribution is -1.94. The first-order valence-corrected chi connectivity index (χ1v) is 5.28. The largest absolute Gasteiger partial charge is 0.356 e. The van der Waals surface area contributed by atoms with Gasteiger partial charge in [0.05, 0.1) is 0 Å². The second-order valence-electron chi connectivity index (χ2n) is 1.88. The van der Waals surface area contributed by atoms with Crippen molar-refractivity contribution >= 4 is 31.9 Å². The van der Waals surface area contributed by atoms with E-state index in [1.54, 1.807) is 0 Å². The van der Waals surface area contributed by atoms with E-state index in [-0.39, 0.29) is 0 Å². The van der Waals surface area contributed by atoms with Crippen molar-refractivity contribution in [2.45, 2.75) is 0 Å². The van der Waals surface area contributed by atoms with E-state index in [1.807, 2.05) is 0 Å². The molecule has 0 saturated carbocycles. The molecule has 0 aromatic heterocycles. The molecule has 0 fully saturated rings. The van der Waals surface area contributed by atoms with Gasteiger partial charge in [-0.3, -0.25) is 0 Å². The standard InChI is InChI=1S/C10H8Br2O2/c11-5-3-9-13-7-1-2-8-14-10-4-6-12/h7-10H2. The van der Waals surface area contributed by atoms with E-state index >= 15 is 0 Å². The van der Waals surface area contributed by atoms with E-state index in [1.165, 1.54) is 0 Å². The molecule has 0 aliphatic rings. The molecule has 4 heteroatoms. The van der Waals surface area contributed by atoms with Gasteiger partial charge < -0.3 is 9.47 Å². The zero-order valence-electron chi connectivity index (χ0n) is 7.40. The maximum atomic E-state index is 5.03. The van der Waals surface area contributed by atoms with Crippen LogP contribution in [-0.2, 0) is 9.47 Å². The first kappa shape index (κ1) is 13.6. The van der Waals surface area contributed by atoms with E-state index in [9.17, 15) is 0 Å². The monoisotopic (exact) mass is 318 g/mol. The Morgan fingerprint density at radius 2 is 1.00 bits per heavy atom. The second-order valence-corrected chi connectivity index (χ2v) is 2.67. The summed E-state index contributed by atoms with van der Waals surface area (Å²) < 4.78 is 10.1. The van der Waals surface area contributed by atoms with Crippen molar-refractivity contribution in [3.63, 3.8) is 0 Å². The summed E-state index contributed by atoms with van der Waals surface area (Å²) in [4.78, 5) is 5.08. The summed E-state index contributed by atoms with van der Waals surface area (Å²) in [6.07, 6.45) is 0. The predicted octanol–water partition coefficient (Wildman–Crippen LogP) is 1.73. The van der Waals surface area contributed by atoms with Gasteiger partial charge >= 0.3 is 0 Å². The molecule has 0 aromatic rings. The van der Waals surface area contributed by atoms with Crippen LogP contribution in [0.1, 0.15) is 0 Å². The van der Waals surface area contributed by atoms with Gasteiger partial charge in [-0.2, -0.15) is 0 Å². The van der Waals surface area contributed by atoms with Gasteiger partial charge in [0.2, 0.25) is 0 Å². The first-order valence-electron chi connectivity index (χ1n) is 3.70. The molecule has 74 valence electrons. The zero-order chi connectivity index (χ0) is 10.5. The Morgan fingerprint density at radius 1 is 0.643 bits per heavy atom. The van der Waals surface area contributed by atoms with Gasteiger partial charge in [0.25, 0.3) is 0 Å². The fourth-order valence-electron chi connectivity index (χ4n) is 0.463. The molecule has 0 amide bonds. The van der Waals surface area contributed by atoms with Crippen LogP contribution in [0.5, 0.6) is 0 Å². The number of ether oxygens (including phenoxy) is 2. The van der Waals surface area contributed by atoms with Crippen LogP contribution >= 0.6 is 31.9 Å². The average molecular weight is 320 g/mol. The molecule has 0 aromatic carbocycles. The Morgan fingerprint density at radius 3 is 1.36 bits per heavy atom. The van der Waals surface area contributed by atoms with Gasteiger partial charge in [-0.1, -0.05) is 23.7 Å². The highest BCUT2D eigenvalue weighted by atomic mass is 79.9. The van der Waals surface area contributed by atoms with Crippen LogP contribution in [0.2, 0.25) is 0 Å². The quantitative estimate of drug-likeness (QED) is 0.580. The average Bonchev–Trinajstić information content (AvgIpc) is 2.21. The molecule has 2 nitrogen and oxygen atoms in total. The Balaban J connectivity index is 3.24. The van der Waals surface area contributed by atoms with E-state index in [0.717, 1.165) is 0 Å². The topological polar surface area (TPSA) is 18.5 Å². The van der Waals surface area contributed by atoms with Gasteiger partial charge in [0.1, 0.15) is 26.4 Å². The van der Waals surface area contributed by atoms with Crippen LogP contribution in [0.25, 0.3) is 0 Å². The van der Waals surface area contributed by atoms with Crippen molar-refractivity contribution < 1.29 is 9.47 Å². The maximum absolute atomic E-state index is 5.03. The smallest absolute Gasteiger partial charge is 0.109 e. The molecule has 14 heavy (non-hydrogen) atoms.